The molecule has 2 saturated heterocycles. The van der Waals surface area contributed by atoms with Crippen LogP contribution in [0.2, 0.25) is 0 Å². The van der Waals surface area contributed by atoms with Gasteiger partial charge in [-0.1, -0.05) is 24.0 Å². The molecule has 0 saturated carbocycles. The van der Waals surface area contributed by atoms with Gasteiger partial charge in [0.2, 0.25) is 11.8 Å². The van der Waals surface area contributed by atoms with Crippen LogP contribution < -0.4 is 31.7 Å². The topological polar surface area (TPSA) is 194 Å². The van der Waals surface area contributed by atoms with Crippen LogP contribution in [0, 0.1) is 17.7 Å². The van der Waals surface area contributed by atoms with Crippen molar-refractivity contribution in [3.63, 3.8) is 0 Å². The second kappa shape index (κ2) is 18.0. The molecule has 316 valence electrons. The highest BCUT2D eigenvalue weighted by atomic mass is 19.1. The number of imidazole rings is 1. The summed E-state index contributed by atoms with van der Waals surface area (Å²) < 4.78 is 22.2. The number of methoxy groups -OCH3 is 1. The average Bonchev–Trinajstić information content (AvgIpc) is 3.52. The Morgan fingerprint density at radius 3 is 2.39 bits per heavy atom. The average molecular weight is 839 g/mol. The number of nitrogens with zero attached hydrogens (tertiary/aromatic N) is 8. The summed E-state index contributed by atoms with van der Waals surface area (Å²) in [6.07, 6.45) is 5.94. The number of ether oxygens (including phenoxy) is 1. The van der Waals surface area contributed by atoms with E-state index in [0.29, 0.717) is 57.5 Å². The Morgan fingerprint density at radius 1 is 0.887 bits per heavy atom. The lowest BCUT2D eigenvalue weighted by Gasteiger charge is -2.33. The normalized spacial score (nSPS) is 15.7. The molecule has 18 heteroatoms. The number of pyridine rings is 2. The standard InChI is InChI=1S/C44H43FN12O5/c1-46-42(59)31-25-48-38(21-33(31)51-32-8-4-7-30(40(32)62-3)41-49-23-29(45)24-50-41)52-37-13-10-28(22-47-37)26-56-18-16-55(17-19-56)15-5-6-27-9-11-34-36(20-27)54(2)44(61)57(34)35-12-14-39(58)53-43(35)60/h4,7-11,13,20-25,35H,12,14-19,26H2,1-3H3,(H,46,59)(H,53,58,60)(H2,47,48,51,52). The molecule has 2 aliphatic rings. The van der Waals surface area contributed by atoms with Gasteiger partial charge in [-0.3, -0.25) is 38.6 Å². The lowest BCUT2D eigenvalue weighted by Crippen LogP contribution is -2.45. The van der Waals surface area contributed by atoms with Gasteiger partial charge in [-0.05, 0) is 48.4 Å². The highest BCUT2D eigenvalue weighted by Gasteiger charge is 2.31. The maximum Gasteiger partial charge on any atom is 0.329 e. The third kappa shape index (κ3) is 8.84. The van der Waals surface area contributed by atoms with Crippen molar-refractivity contribution >= 4 is 51.8 Å². The van der Waals surface area contributed by atoms with Crippen LogP contribution in [0.1, 0.15) is 40.4 Å². The maximum absolute atomic E-state index is 13.5. The Kier molecular flexibility index (Phi) is 12.0. The predicted octanol–water partition coefficient (Wildman–Crippen LogP) is 3.73. The number of para-hydroxylation sites is 1. The highest BCUT2D eigenvalue weighted by Crippen LogP contribution is 2.37. The minimum Gasteiger partial charge on any atom is -0.494 e. The van der Waals surface area contributed by atoms with Crippen LogP contribution in [-0.4, -0.2) is 103 Å². The zero-order valence-electron chi connectivity index (χ0n) is 34.2. The SMILES string of the molecule is CNC(=O)c1cnc(Nc2ccc(CN3CCN(CC#Cc4ccc5c(c4)n(C)c(=O)n5C4CCC(=O)NC4=O)CC3)cn2)cc1Nc1cccc(-c2ncc(F)cn2)c1OC. The quantitative estimate of drug-likeness (QED) is 0.109. The Labute approximate surface area is 355 Å². The summed E-state index contributed by atoms with van der Waals surface area (Å²) in [6.45, 7) is 4.78. The van der Waals surface area contributed by atoms with Crippen molar-refractivity contribution in [1.82, 2.24) is 49.5 Å². The van der Waals surface area contributed by atoms with Gasteiger partial charge in [0.15, 0.2) is 17.4 Å². The second-order valence-corrected chi connectivity index (χ2v) is 14.8. The van der Waals surface area contributed by atoms with Crippen molar-refractivity contribution in [2.75, 3.05) is 57.5 Å². The van der Waals surface area contributed by atoms with E-state index in [1.54, 1.807) is 31.3 Å². The summed E-state index contributed by atoms with van der Waals surface area (Å²) >= 11 is 0. The molecule has 0 aliphatic carbocycles. The molecule has 0 bridgehead atoms. The van der Waals surface area contributed by atoms with Crippen molar-refractivity contribution < 1.29 is 23.5 Å². The Bertz CT molecular complexity index is 2790. The van der Waals surface area contributed by atoms with Crippen LogP contribution in [0.25, 0.3) is 22.4 Å². The maximum atomic E-state index is 13.5. The summed E-state index contributed by atoms with van der Waals surface area (Å²) in [4.78, 5) is 72.1. The van der Waals surface area contributed by atoms with E-state index in [9.17, 15) is 23.6 Å². The van der Waals surface area contributed by atoms with Crippen molar-refractivity contribution in [1.29, 1.82) is 0 Å². The lowest BCUT2D eigenvalue weighted by molar-refractivity contribution is -0.135. The fraction of sp³-hybridized carbons (Fsp3) is 0.273. The predicted molar refractivity (Wildman–Crippen MR) is 230 cm³/mol. The van der Waals surface area contributed by atoms with Gasteiger partial charge in [-0.25, -0.2) is 29.1 Å². The summed E-state index contributed by atoms with van der Waals surface area (Å²) in [6, 6.07) is 15.7. The van der Waals surface area contributed by atoms with E-state index in [1.165, 1.54) is 29.5 Å². The van der Waals surface area contributed by atoms with Crippen LogP contribution in [0.5, 0.6) is 5.75 Å². The number of carbonyl (C=O) groups is 3. The zero-order chi connectivity index (χ0) is 43.3. The first-order valence-corrected chi connectivity index (χ1v) is 19.9. The number of hydrogen-bond acceptors (Lipinski definition) is 13. The number of fused-ring (bicyclic) bond motifs is 1. The van der Waals surface area contributed by atoms with E-state index in [1.807, 2.05) is 36.5 Å². The van der Waals surface area contributed by atoms with E-state index in [2.05, 4.69) is 62.8 Å². The molecule has 0 radical (unpaired) electrons. The van der Waals surface area contributed by atoms with Gasteiger partial charge in [-0.2, -0.15) is 0 Å². The lowest BCUT2D eigenvalue weighted by atomic mass is 10.1. The van der Waals surface area contributed by atoms with E-state index < -0.39 is 17.8 Å². The fourth-order valence-corrected chi connectivity index (χ4v) is 7.58. The molecular weight excluding hydrogens is 796 g/mol. The molecule has 17 nitrogen and oxygen atoms in total. The van der Waals surface area contributed by atoms with E-state index >= 15 is 0 Å². The molecule has 8 rings (SSSR count). The first-order valence-electron chi connectivity index (χ1n) is 19.9. The molecule has 2 aliphatic heterocycles. The molecule has 6 heterocycles. The van der Waals surface area contributed by atoms with Crippen LogP contribution in [-0.2, 0) is 23.2 Å². The molecular formula is C44H43FN12O5. The molecule has 62 heavy (non-hydrogen) atoms. The van der Waals surface area contributed by atoms with Crippen LogP contribution in [0.3, 0.4) is 0 Å². The van der Waals surface area contributed by atoms with Crippen LogP contribution in [0.4, 0.5) is 27.4 Å². The molecule has 1 unspecified atom stereocenters. The largest absolute Gasteiger partial charge is 0.494 e. The van der Waals surface area contributed by atoms with Crippen LogP contribution in [0.15, 0.2) is 84.2 Å². The minimum atomic E-state index is -0.731. The summed E-state index contributed by atoms with van der Waals surface area (Å²) in [5.41, 5.74) is 4.64. The van der Waals surface area contributed by atoms with Crippen molar-refractivity contribution in [3.8, 4) is 29.0 Å². The number of carbonyl (C=O) groups excluding carboxylic acids is 3. The fourth-order valence-electron chi connectivity index (χ4n) is 7.58. The molecule has 1 atom stereocenters. The molecule has 6 aromatic rings. The zero-order valence-corrected chi connectivity index (χ0v) is 34.2. The number of benzene rings is 2. The summed E-state index contributed by atoms with van der Waals surface area (Å²) in [7, 11) is 4.71. The van der Waals surface area contributed by atoms with Crippen molar-refractivity contribution in [3.05, 3.63) is 112 Å². The van der Waals surface area contributed by atoms with Gasteiger partial charge in [0.25, 0.3) is 5.91 Å². The number of aromatic nitrogens is 6. The van der Waals surface area contributed by atoms with Crippen LogP contribution >= 0.6 is 0 Å². The minimum absolute atomic E-state index is 0.188. The summed E-state index contributed by atoms with van der Waals surface area (Å²) in [5, 5.41) is 11.5. The third-order valence-electron chi connectivity index (χ3n) is 10.8. The monoisotopic (exact) mass is 838 g/mol. The highest BCUT2D eigenvalue weighted by molar-refractivity contribution is 6.01. The first-order chi connectivity index (χ1) is 30.1. The smallest absolute Gasteiger partial charge is 0.329 e. The van der Waals surface area contributed by atoms with E-state index in [4.69, 9.17) is 4.74 Å². The number of halogens is 1. The van der Waals surface area contributed by atoms with Gasteiger partial charge in [0, 0.05) is 77.3 Å². The van der Waals surface area contributed by atoms with Gasteiger partial charge in [-0.15, -0.1) is 0 Å². The third-order valence-corrected chi connectivity index (χ3v) is 10.8. The number of imide groups is 1. The number of aryl methyl sites for hydroxylation is 1. The number of amides is 3. The van der Waals surface area contributed by atoms with E-state index in [-0.39, 0.29) is 36.2 Å². The van der Waals surface area contributed by atoms with Gasteiger partial charge in [0.1, 0.15) is 17.7 Å². The number of piperidine rings is 1. The Morgan fingerprint density at radius 2 is 1.66 bits per heavy atom. The molecule has 2 fully saturated rings. The Balaban J connectivity index is 0.864. The van der Waals surface area contributed by atoms with Gasteiger partial charge >= 0.3 is 5.69 Å². The van der Waals surface area contributed by atoms with Crippen molar-refractivity contribution in [2.24, 2.45) is 7.05 Å². The summed E-state index contributed by atoms with van der Waals surface area (Å²) in [5.74, 6) is 6.54. The van der Waals surface area contributed by atoms with Crippen molar-refractivity contribution in [2.45, 2.75) is 25.4 Å². The number of anilines is 4. The van der Waals surface area contributed by atoms with Gasteiger partial charge < -0.3 is 20.7 Å². The molecule has 3 amide bonds. The molecule has 2 aromatic carbocycles. The van der Waals surface area contributed by atoms with Gasteiger partial charge in [0.05, 0.1) is 59.6 Å². The number of rotatable bonds is 11. The molecule has 4 aromatic heterocycles. The number of nitrogens with one attached hydrogen (secondary N) is 4. The number of hydrogen-bond donors (Lipinski definition) is 4. The second-order valence-electron chi connectivity index (χ2n) is 14.8. The molecule has 0 spiro atoms. The molecule has 4 N–H and O–H groups in total. The Hall–Kier alpha value is -7.49. The first kappa shape index (κ1) is 41.3. The van der Waals surface area contributed by atoms with E-state index in [0.717, 1.165) is 56.2 Å². The number of piperazine rings is 1.